The van der Waals surface area contributed by atoms with Gasteiger partial charge in [0.05, 0.1) is 24.7 Å². The van der Waals surface area contributed by atoms with Crippen LogP contribution in [0.5, 0.6) is 5.75 Å². The van der Waals surface area contributed by atoms with Gasteiger partial charge in [0.2, 0.25) is 0 Å². The molecule has 2 heterocycles. The van der Waals surface area contributed by atoms with E-state index in [9.17, 15) is 4.39 Å². The Bertz CT molecular complexity index is 532. The van der Waals surface area contributed by atoms with E-state index in [2.05, 4.69) is 10.4 Å². The molecule has 1 aliphatic heterocycles. The lowest BCUT2D eigenvalue weighted by Crippen LogP contribution is -2.15. The Morgan fingerprint density at radius 1 is 1.37 bits per heavy atom. The van der Waals surface area contributed by atoms with Crippen LogP contribution in [0, 0.1) is 11.7 Å². The summed E-state index contributed by atoms with van der Waals surface area (Å²) in [6, 6.07) is 6.21. The van der Waals surface area contributed by atoms with Crippen molar-refractivity contribution in [2.24, 2.45) is 5.92 Å². The Balaban J connectivity index is 1.63. The average Bonchev–Trinajstić information content (AvgIpc) is 3.09. The van der Waals surface area contributed by atoms with Crippen molar-refractivity contribution in [2.75, 3.05) is 19.7 Å². The van der Waals surface area contributed by atoms with Crippen LogP contribution in [0.1, 0.15) is 6.42 Å². The van der Waals surface area contributed by atoms with Crippen molar-refractivity contribution >= 4 is 0 Å². The van der Waals surface area contributed by atoms with E-state index in [1.807, 2.05) is 6.20 Å². The first kappa shape index (κ1) is 12.2. The highest BCUT2D eigenvalue weighted by molar-refractivity contribution is 5.32. The molecule has 0 aliphatic carbocycles. The quantitative estimate of drug-likeness (QED) is 0.915. The Labute approximate surface area is 111 Å². The number of nitrogens with zero attached hydrogens (tertiary/aromatic N) is 2. The minimum Gasteiger partial charge on any atom is -0.490 e. The second-order valence-corrected chi connectivity index (χ2v) is 4.77. The summed E-state index contributed by atoms with van der Waals surface area (Å²) in [7, 11) is 0. The Hall–Kier alpha value is -1.88. The van der Waals surface area contributed by atoms with Gasteiger partial charge in [0.15, 0.2) is 5.75 Å². The number of ether oxygens (including phenoxy) is 1. The monoisotopic (exact) mass is 261 g/mol. The Kier molecular flexibility index (Phi) is 3.46. The molecule has 1 fully saturated rings. The van der Waals surface area contributed by atoms with Crippen molar-refractivity contribution in [3.63, 3.8) is 0 Å². The molecular weight excluding hydrogens is 245 g/mol. The molecule has 1 saturated heterocycles. The predicted molar refractivity (Wildman–Crippen MR) is 70.0 cm³/mol. The number of hydrogen-bond acceptors (Lipinski definition) is 3. The molecule has 0 saturated carbocycles. The van der Waals surface area contributed by atoms with Crippen LogP contribution in [0.15, 0.2) is 36.7 Å². The van der Waals surface area contributed by atoms with E-state index in [0.717, 1.165) is 30.9 Å². The van der Waals surface area contributed by atoms with Gasteiger partial charge in [0, 0.05) is 12.5 Å². The molecule has 1 aliphatic rings. The van der Waals surface area contributed by atoms with E-state index in [1.165, 1.54) is 12.1 Å². The minimum atomic E-state index is -0.249. The zero-order valence-corrected chi connectivity index (χ0v) is 10.6. The van der Waals surface area contributed by atoms with Crippen LogP contribution < -0.4 is 10.1 Å². The number of aromatic nitrogens is 2. The normalized spacial score (nSPS) is 18.7. The summed E-state index contributed by atoms with van der Waals surface area (Å²) in [6.45, 7) is 2.80. The Morgan fingerprint density at radius 2 is 2.21 bits per heavy atom. The lowest BCUT2D eigenvalue weighted by Gasteiger charge is -2.08. The first-order valence-electron chi connectivity index (χ1n) is 6.45. The fourth-order valence-electron chi connectivity index (χ4n) is 2.19. The fraction of sp³-hybridized carbons (Fsp3) is 0.357. The standard InChI is InChI=1S/C14H16FN3O/c15-12-1-3-13(4-2-12)18-9-14(8-17-18)19-10-11-5-6-16-7-11/h1-4,8-9,11,16H,5-7,10H2. The molecule has 4 nitrogen and oxygen atoms in total. The molecule has 5 heteroatoms. The van der Waals surface area contributed by atoms with Gasteiger partial charge < -0.3 is 10.1 Å². The van der Waals surface area contributed by atoms with E-state index in [1.54, 1.807) is 23.0 Å². The number of halogens is 1. The van der Waals surface area contributed by atoms with E-state index in [4.69, 9.17) is 4.74 Å². The molecule has 0 bridgehead atoms. The maximum Gasteiger partial charge on any atom is 0.157 e. The molecule has 1 N–H and O–H groups in total. The second-order valence-electron chi connectivity index (χ2n) is 4.77. The number of rotatable bonds is 4. The summed E-state index contributed by atoms with van der Waals surface area (Å²) in [5.74, 6) is 1.08. The molecule has 19 heavy (non-hydrogen) atoms. The molecule has 1 unspecified atom stereocenters. The SMILES string of the molecule is Fc1ccc(-n2cc(OCC3CCNC3)cn2)cc1. The number of nitrogens with one attached hydrogen (secondary N) is 1. The zero-order valence-electron chi connectivity index (χ0n) is 10.6. The maximum atomic E-state index is 12.8. The van der Waals surface area contributed by atoms with E-state index in [-0.39, 0.29) is 5.82 Å². The van der Waals surface area contributed by atoms with Crippen LogP contribution in [0.4, 0.5) is 4.39 Å². The molecular formula is C14H16FN3O. The van der Waals surface area contributed by atoms with Crippen molar-refractivity contribution < 1.29 is 9.13 Å². The van der Waals surface area contributed by atoms with Crippen LogP contribution >= 0.6 is 0 Å². The van der Waals surface area contributed by atoms with Crippen LogP contribution in [-0.2, 0) is 0 Å². The molecule has 0 spiro atoms. The van der Waals surface area contributed by atoms with E-state index >= 15 is 0 Å². The van der Waals surface area contributed by atoms with Gasteiger partial charge in [-0.15, -0.1) is 0 Å². The molecule has 0 radical (unpaired) electrons. The van der Waals surface area contributed by atoms with Gasteiger partial charge in [-0.2, -0.15) is 5.10 Å². The van der Waals surface area contributed by atoms with Gasteiger partial charge in [-0.1, -0.05) is 0 Å². The smallest absolute Gasteiger partial charge is 0.157 e. The fourth-order valence-corrected chi connectivity index (χ4v) is 2.19. The van der Waals surface area contributed by atoms with E-state index in [0.29, 0.717) is 12.5 Å². The topological polar surface area (TPSA) is 39.1 Å². The van der Waals surface area contributed by atoms with E-state index < -0.39 is 0 Å². The van der Waals surface area contributed by atoms with Crippen molar-refractivity contribution in [1.29, 1.82) is 0 Å². The van der Waals surface area contributed by atoms with Gasteiger partial charge in [-0.25, -0.2) is 9.07 Å². The summed E-state index contributed by atoms with van der Waals surface area (Å²) in [6.07, 6.45) is 4.66. The highest BCUT2D eigenvalue weighted by Gasteiger charge is 2.15. The molecule has 3 rings (SSSR count). The van der Waals surface area contributed by atoms with Gasteiger partial charge in [-0.3, -0.25) is 0 Å². The first-order valence-corrected chi connectivity index (χ1v) is 6.45. The minimum absolute atomic E-state index is 0.249. The average molecular weight is 261 g/mol. The highest BCUT2D eigenvalue weighted by Crippen LogP contribution is 2.16. The van der Waals surface area contributed by atoms with Crippen molar-refractivity contribution in [1.82, 2.24) is 15.1 Å². The summed E-state index contributed by atoms with van der Waals surface area (Å²) >= 11 is 0. The van der Waals surface area contributed by atoms with Gasteiger partial charge in [-0.05, 0) is 37.2 Å². The van der Waals surface area contributed by atoms with Crippen LogP contribution in [0.2, 0.25) is 0 Å². The van der Waals surface area contributed by atoms with Crippen molar-refractivity contribution in [2.45, 2.75) is 6.42 Å². The third kappa shape index (κ3) is 2.93. The van der Waals surface area contributed by atoms with Crippen molar-refractivity contribution in [3.05, 3.63) is 42.5 Å². The molecule has 2 aromatic rings. The summed E-state index contributed by atoms with van der Waals surface area (Å²) in [5, 5.41) is 7.52. The highest BCUT2D eigenvalue weighted by atomic mass is 19.1. The molecule has 0 amide bonds. The van der Waals surface area contributed by atoms with Crippen LogP contribution in [0.3, 0.4) is 0 Å². The predicted octanol–water partition coefficient (Wildman–Crippen LogP) is 2.00. The van der Waals surface area contributed by atoms with Crippen molar-refractivity contribution in [3.8, 4) is 11.4 Å². The summed E-state index contributed by atoms with van der Waals surface area (Å²) in [5.41, 5.74) is 0.818. The summed E-state index contributed by atoms with van der Waals surface area (Å²) in [4.78, 5) is 0. The van der Waals surface area contributed by atoms with Crippen LogP contribution in [0.25, 0.3) is 5.69 Å². The molecule has 1 aromatic heterocycles. The number of hydrogen-bond donors (Lipinski definition) is 1. The largest absolute Gasteiger partial charge is 0.490 e. The lowest BCUT2D eigenvalue weighted by molar-refractivity contribution is 0.260. The molecule has 100 valence electrons. The zero-order chi connectivity index (χ0) is 13.1. The van der Waals surface area contributed by atoms with Gasteiger partial charge in [0.1, 0.15) is 5.82 Å². The van der Waals surface area contributed by atoms with Crippen LogP contribution in [-0.4, -0.2) is 29.5 Å². The second kappa shape index (κ2) is 5.40. The third-order valence-corrected chi connectivity index (χ3v) is 3.30. The van der Waals surface area contributed by atoms with Gasteiger partial charge in [0.25, 0.3) is 0 Å². The lowest BCUT2D eigenvalue weighted by atomic mass is 10.1. The summed E-state index contributed by atoms with van der Waals surface area (Å²) < 4.78 is 20.2. The van der Waals surface area contributed by atoms with Gasteiger partial charge >= 0.3 is 0 Å². The first-order chi connectivity index (χ1) is 9.31. The Morgan fingerprint density at radius 3 is 2.95 bits per heavy atom. The third-order valence-electron chi connectivity index (χ3n) is 3.30. The molecule has 1 aromatic carbocycles. The maximum absolute atomic E-state index is 12.8. The molecule has 1 atom stereocenters. The number of benzene rings is 1.